The Morgan fingerprint density at radius 3 is 3.00 bits per heavy atom. The van der Waals surface area contributed by atoms with Crippen molar-refractivity contribution in [1.29, 1.82) is 0 Å². The largest absolute Gasteiger partial charge is 0.387 e. The molecule has 24 heavy (non-hydrogen) atoms. The summed E-state index contributed by atoms with van der Waals surface area (Å²) in [4.78, 5) is 4.52. The average Bonchev–Trinajstić information content (AvgIpc) is 3.20. The van der Waals surface area contributed by atoms with Crippen molar-refractivity contribution >= 4 is 41.7 Å². The van der Waals surface area contributed by atoms with Crippen LogP contribution in [0.1, 0.15) is 32.6 Å². The van der Waals surface area contributed by atoms with Crippen molar-refractivity contribution in [2.45, 2.75) is 44.3 Å². The van der Waals surface area contributed by atoms with Crippen molar-refractivity contribution in [3.05, 3.63) is 0 Å². The van der Waals surface area contributed by atoms with Crippen molar-refractivity contribution < 1.29 is 14.6 Å². The van der Waals surface area contributed by atoms with E-state index >= 15 is 0 Å². The van der Waals surface area contributed by atoms with Crippen LogP contribution in [0, 0.1) is 0 Å². The monoisotopic (exact) mass is 473 g/mol. The molecule has 6 nitrogen and oxygen atoms in total. The van der Waals surface area contributed by atoms with E-state index in [0.717, 1.165) is 69.5 Å². The van der Waals surface area contributed by atoms with Crippen LogP contribution in [0.3, 0.4) is 0 Å². The average molecular weight is 473 g/mol. The van der Waals surface area contributed by atoms with Gasteiger partial charge in [-0.15, -0.1) is 24.0 Å². The molecule has 2 unspecified atom stereocenters. The minimum atomic E-state index is -0.628. The first-order chi connectivity index (χ1) is 11.2. The molecule has 2 heterocycles. The first-order valence-corrected chi connectivity index (χ1v) is 9.89. The number of ether oxygens (including phenoxy) is 2. The molecule has 0 aromatic heterocycles. The molecule has 2 aliphatic heterocycles. The summed E-state index contributed by atoms with van der Waals surface area (Å²) in [5.41, 5.74) is -0.628. The van der Waals surface area contributed by atoms with Crippen LogP contribution in [0.5, 0.6) is 0 Å². The lowest BCUT2D eigenvalue weighted by Gasteiger charge is -2.19. The lowest BCUT2D eigenvalue weighted by Crippen LogP contribution is -2.40. The quantitative estimate of drug-likeness (QED) is 0.205. The molecule has 0 bridgehead atoms. The van der Waals surface area contributed by atoms with Crippen LogP contribution in [0.4, 0.5) is 0 Å². The van der Waals surface area contributed by atoms with Crippen molar-refractivity contribution in [3.8, 4) is 0 Å². The molecule has 0 aromatic rings. The Labute approximate surface area is 166 Å². The molecule has 0 aliphatic carbocycles. The normalized spacial score (nSPS) is 27.1. The second-order valence-electron chi connectivity index (χ2n) is 6.21. The highest BCUT2D eigenvalue weighted by molar-refractivity contribution is 14.0. The van der Waals surface area contributed by atoms with Crippen molar-refractivity contribution in [1.82, 2.24) is 10.6 Å². The highest BCUT2D eigenvalue weighted by Gasteiger charge is 2.31. The van der Waals surface area contributed by atoms with E-state index in [2.05, 4.69) is 15.6 Å². The third-order valence-corrected chi connectivity index (χ3v) is 5.28. The second-order valence-corrected chi connectivity index (χ2v) is 7.32. The van der Waals surface area contributed by atoms with E-state index < -0.39 is 5.60 Å². The van der Waals surface area contributed by atoms with Gasteiger partial charge in [-0.3, -0.25) is 4.99 Å². The van der Waals surface area contributed by atoms with Crippen LogP contribution < -0.4 is 10.6 Å². The lowest BCUT2D eigenvalue weighted by atomic mass is 10.1. The third-order valence-electron chi connectivity index (χ3n) is 4.04. The van der Waals surface area contributed by atoms with Gasteiger partial charge in [0.05, 0.1) is 24.9 Å². The van der Waals surface area contributed by atoms with Crippen LogP contribution in [0.15, 0.2) is 4.99 Å². The maximum Gasteiger partial charge on any atom is 0.191 e. The fraction of sp³-hybridized carbons (Fsp3) is 0.938. The summed E-state index contributed by atoms with van der Waals surface area (Å²) in [6.07, 6.45) is 4.33. The molecule has 2 rings (SSSR count). The molecule has 0 aromatic carbocycles. The Morgan fingerprint density at radius 2 is 2.33 bits per heavy atom. The van der Waals surface area contributed by atoms with Gasteiger partial charge in [0.25, 0.3) is 0 Å². The summed E-state index contributed by atoms with van der Waals surface area (Å²) in [6, 6.07) is 0. The molecular weight excluding hydrogens is 441 g/mol. The molecule has 0 amide bonds. The van der Waals surface area contributed by atoms with Crippen molar-refractivity contribution in [2.75, 3.05) is 51.0 Å². The van der Waals surface area contributed by atoms with Crippen LogP contribution in [-0.4, -0.2) is 73.7 Å². The van der Waals surface area contributed by atoms with E-state index in [1.165, 1.54) is 0 Å². The van der Waals surface area contributed by atoms with Crippen LogP contribution in [0.25, 0.3) is 0 Å². The molecule has 2 atom stereocenters. The second kappa shape index (κ2) is 12.6. The number of rotatable bonds is 9. The maximum atomic E-state index is 10.3. The topological polar surface area (TPSA) is 75.1 Å². The first kappa shape index (κ1) is 22.3. The summed E-state index contributed by atoms with van der Waals surface area (Å²) in [6.45, 7) is 6.45. The molecule has 142 valence electrons. The smallest absolute Gasteiger partial charge is 0.191 e. The predicted octanol–water partition coefficient (Wildman–Crippen LogP) is 1.61. The van der Waals surface area contributed by atoms with Gasteiger partial charge in [0.2, 0.25) is 0 Å². The van der Waals surface area contributed by atoms with E-state index in [0.29, 0.717) is 19.3 Å². The molecule has 0 spiro atoms. The van der Waals surface area contributed by atoms with Crippen molar-refractivity contribution in [3.63, 3.8) is 0 Å². The number of halogens is 1. The number of aliphatic imine (C=N–C) groups is 1. The van der Waals surface area contributed by atoms with Gasteiger partial charge in [-0.2, -0.15) is 11.8 Å². The van der Waals surface area contributed by atoms with E-state index in [9.17, 15) is 5.11 Å². The molecule has 0 saturated carbocycles. The van der Waals surface area contributed by atoms with Crippen LogP contribution in [-0.2, 0) is 9.47 Å². The van der Waals surface area contributed by atoms with Gasteiger partial charge < -0.3 is 25.2 Å². The number of nitrogens with zero attached hydrogens (tertiary/aromatic N) is 1. The fourth-order valence-corrected chi connectivity index (χ4v) is 3.94. The summed E-state index contributed by atoms with van der Waals surface area (Å²) in [5.74, 6) is 2.59. The maximum absolute atomic E-state index is 10.3. The highest BCUT2D eigenvalue weighted by Crippen LogP contribution is 2.27. The van der Waals surface area contributed by atoms with Crippen LogP contribution >= 0.6 is 35.7 Å². The predicted molar refractivity (Wildman–Crippen MR) is 111 cm³/mol. The number of aliphatic hydroxyl groups is 1. The molecular formula is C16H32IN3O3S. The Balaban J connectivity index is 0.00000288. The first-order valence-electron chi connectivity index (χ1n) is 8.73. The zero-order valence-electron chi connectivity index (χ0n) is 14.6. The van der Waals surface area contributed by atoms with Gasteiger partial charge in [0.1, 0.15) is 0 Å². The SMILES string of the molecule is CCNC(=NCC1(O)CCSC1)NCCCOCC1CCCO1.I. The van der Waals surface area contributed by atoms with Gasteiger partial charge in [0.15, 0.2) is 5.96 Å². The molecule has 8 heteroatoms. The third kappa shape index (κ3) is 8.55. The molecule has 2 fully saturated rings. The Bertz CT molecular complexity index is 362. The number of thioether (sulfide) groups is 1. The molecule has 0 radical (unpaired) electrons. The molecule has 2 saturated heterocycles. The fourth-order valence-electron chi connectivity index (χ4n) is 2.66. The number of hydrogen-bond acceptors (Lipinski definition) is 5. The summed E-state index contributed by atoms with van der Waals surface area (Å²) in [7, 11) is 0. The highest BCUT2D eigenvalue weighted by atomic mass is 127. The summed E-state index contributed by atoms with van der Waals surface area (Å²) >= 11 is 1.80. The van der Waals surface area contributed by atoms with Gasteiger partial charge in [-0.25, -0.2) is 0 Å². The standard InChI is InChI=1S/C16H31N3O3S.HI/c1-2-17-15(19-12-16(20)6-10-23-13-16)18-7-4-8-21-11-14-5-3-9-22-14;/h14,20H,2-13H2,1H3,(H2,17,18,19);1H. The van der Waals surface area contributed by atoms with E-state index in [1.807, 2.05) is 6.92 Å². The molecule has 2 aliphatic rings. The minimum Gasteiger partial charge on any atom is -0.387 e. The van der Waals surface area contributed by atoms with Crippen LogP contribution in [0.2, 0.25) is 0 Å². The van der Waals surface area contributed by atoms with Gasteiger partial charge >= 0.3 is 0 Å². The van der Waals surface area contributed by atoms with Gasteiger partial charge in [-0.05, 0) is 38.4 Å². The Hall–Kier alpha value is 0.230. The van der Waals surface area contributed by atoms with E-state index in [4.69, 9.17) is 9.47 Å². The van der Waals surface area contributed by atoms with Gasteiger partial charge in [0, 0.05) is 32.1 Å². The van der Waals surface area contributed by atoms with Gasteiger partial charge in [-0.1, -0.05) is 0 Å². The minimum absolute atomic E-state index is 0. The number of guanidine groups is 1. The van der Waals surface area contributed by atoms with E-state index in [1.54, 1.807) is 11.8 Å². The summed E-state index contributed by atoms with van der Waals surface area (Å²) in [5, 5.41) is 16.9. The number of hydrogen-bond donors (Lipinski definition) is 3. The van der Waals surface area contributed by atoms with Crippen molar-refractivity contribution in [2.24, 2.45) is 4.99 Å². The summed E-state index contributed by atoms with van der Waals surface area (Å²) < 4.78 is 11.2. The Kier molecular flexibility index (Phi) is 11.7. The van der Waals surface area contributed by atoms with E-state index in [-0.39, 0.29) is 24.0 Å². The zero-order valence-corrected chi connectivity index (χ0v) is 17.7. The zero-order chi connectivity index (χ0) is 16.4. The lowest BCUT2D eigenvalue weighted by molar-refractivity contribution is 0.0168. The molecule has 3 N–H and O–H groups in total. The number of nitrogens with one attached hydrogen (secondary N) is 2. The Morgan fingerprint density at radius 1 is 1.46 bits per heavy atom.